The molecule has 2 aromatic carbocycles. The zero-order chi connectivity index (χ0) is 18.2. The standard InChI is InChI=1S/C19H22FN3O2/c1-13-7-8-15(12-16(13)20)18(24)22-9-10-23-19(25)17(21)11-14-5-3-2-4-6-14/h2-8,12,17H,9-11,21H2,1H3,(H,22,24)(H,23,25). The maximum Gasteiger partial charge on any atom is 0.251 e. The SMILES string of the molecule is Cc1ccc(C(=O)NCCNC(=O)C(N)Cc2ccccc2)cc1F. The summed E-state index contributed by atoms with van der Waals surface area (Å²) in [6, 6.07) is 13.2. The lowest BCUT2D eigenvalue weighted by Gasteiger charge is -2.13. The fourth-order valence-corrected chi connectivity index (χ4v) is 2.29. The van der Waals surface area contributed by atoms with Gasteiger partial charge in [-0.2, -0.15) is 0 Å². The minimum absolute atomic E-state index is 0.234. The van der Waals surface area contributed by atoms with Crippen molar-refractivity contribution >= 4 is 11.8 Å². The van der Waals surface area contributed by atoms with Crippen molar-refractivity contribution in [2.75, 3.05) is 13.1 Å². The molecular weight excluding hydrogens is 321 g/mol. The average molecular weight is 343 g/mol. The first-order valence-electron chi connectivity index (χ1n) is 8.09. The first kappa shape index (κ1) is 18.6. The predicted octanol–water partition coefficient (Wildman–Crippen LogP) is 1.55. The highest BCUT2D eigenvalue weighted by Crippen LogP contribution is 2.08. The fourth-order valence-electron chi connectivity index (χ4n) is 2.29. The van der Waals surface area contributed by atoms with Crippen molar-refractivity contribution in [2.24, 2.45) is 5.73 Å². The molecule has 1 unspecified atom stereocenters. The van der Waals surface area contributed by atoms with Gasteiger partial charge in [-0.05, 0) is 36.6 Å². The van der Waals surface area contributed by atoms with Crippen molar-refractivity contribution < 1.29 is 14.0 Å². The van der Waals surface area contributed by atoms with E-state index in [2.05, 4.69) is 10.6 Å². The first-order valence-corrected chi connectivity index (χ1v) is 8.09. The van der Waals surface area contributed by atoms with Crippen LogP contribution in [0.25, 0.3) is 0 Å². The van der Waals surface area contributed by atoms with Crippen LogP contribution in [-0.4, -0.2) is 30.9 Å². The number of nitrogens with one attached hydrogen (secondary N) is 2. The van der Waals surface area contributed by atoms with Crippen molar-refractivity contribution in [3.63, 3.8) is 0 Å². The van der Waals surface area contributed by atoms with Crippen LogP contribution in [0.15, 0.2) is 48.5 Å². The van der Waals surface area contributed by atoms with Gasteiger partial charge in [-0.3, -0.25) is 9.59 Å². The molecule has 0 aliphatic rings. The number of rotatable bonds is 7. The van der Waals surface area contributed by atoms with E-state index in [1.165, 1.54) is 6.07 Å². The summed E-state index contributed by atoms with van der Waals surface area (Å²) in [7, 11) is 0. The monoisotopic (exact) mass is 343 g/mol. The van der Waals surface area contributed by atoms with E-state index in [-0.39, 0.29) is 30.5 Å². The van der Waals surface area contributed by atoms with E-state index in [0.29, 0.717) is 12.0 Å². The second-order valence-electron chi connectivity index (χ2n) is 5.81. The Balaban J connectivity index is 1.72. The van der Waals surface area contributed by atoms with Gasteiger partial charge in [0.15, 0.2) is 0 Å². The second kappa shape index (κ2) is 8.94. The number of amides is 2. The third-order valence-electron chi connectivity index (χ3n) is 3.78. The molecule has 2 rings (SSSR count). The molecule has 0 fully saturated rings. The zero-order valence-electron chi connectivity index (χ0n) is 14.1. The van der Waals surface area contributed by atoms with Gasteiger partial charge < -0.3 is 16.4 Å². The first-order chi connectivity index (χ1) is 12.0. The highest BCUT2D eigenvalue weighted by atomic mass is 19.1. The Morgan fingerprint density at radius 2 is 1.76 bits per heavy atom. The molecule has 0 saturated heterocycles. The van der Waals surface area contributed by atoms with E-state index in [1.807, 2.05) is 30.3 Å². The number of hydrogen-bond donors (Lipinski definition) is 3. The topological polar surface area (TPSA) is 84.2 Å². The summed E-state index contributed by atoms with van der Waals surface area (Å²) in [5.74, 6) is -1.09. The molecule has 0 saturated carbocycles. The Hall–Kier alpha value is -2.73. The number of nitrogens with two attached hydrogens (primary N) is 1. The zero-order valence-corrected chi connectivity index (χ0v) is 14.1. The van der Waals surface area contributed by atoms with Crippen LogP contribution in [0.4, 0.5) is 4.39 Å². The molecule has 5 nitrogen and oxygen atoms in total. The van der Waals surface area contributed by atoms with Gasteiger partial charge in [0, 0.05) is 18.7 Å². The van der Waals surface area contributed by atoms with E-state index in [9.17, 15) is 14.0 Å². The van der Waals surface area contributed by atoms with E-state index in [1.54, 1.807) is 19.1 Å². The van der Waals surface area contributed by atoms with Crippen LogP contribution in [0.1, 0.15) is 21.5 Å². The summed E-state index contributed by atoms with van der Waals surface area (Å²) in [6.07, 6.45) is 0.446. The molecule has 0 aliphatic carbocycles. The molecule has 0 heterocycles. The molecule has 0 spiro atoms. The quantitative estimate of drug-likeness (QED) is 0.667. The minimum atomic E-state index is -0.649. The lowest BCUT2D eigenvalue weighted by atomic mass is 10.1. The average Bonchev–Trinajstić information content (AvgIpc) is 2.61. The molecule has 2 amide bonds. The molecule has 0 radical (unpaired) electrons. The summed E-state index contributed by atoms with van der Waals surface area (Å²) in [4.78, 5) is 23.9. The van der Waals surface area contributed by atoms with Crippen molar-refractivity contribution in [2.45, 2.75) is 19.4 Å². The lowest BCUT2D eigenvalue weighted by molar-refractivity contribution is -0.122. The molecule has 6 heteroatoms. The maximum atomic E-state index is 13.5. The molecule has 0 aliphatic heterocycles. The normalized spacial score (nSPS) is 11.6. The van der Waals surface area contributed by atoms with E-state index >= 15 is 0 Å². The van der Waals surface area contributed by atoms with Crippen molar-refractivity contribution in [1.29, 1.82) is 0 Å². The van der Waals surface area contributed by atoms with Crippen LogP contribution >= 0.6 is 0 Å². The van der Waals surface area contributed by atoms with Gasteiger partial charge in [-0.25, -0.2) is 4.39 Å². The molecule has 4 N–H and O–H groups in total. The van der Waals surface area contributed by atoms with Crippen LogP contribution < -0.4 is 16.4 Å². The Bertz CT molecular complexity index is 735. The Labute approximate surface area is 146 Å². The molecular formula is C19H22FN3O2. The van der Waals surface area contributed by atoms with Gasteiger partial charge >= 0.3 is 0 Å². The van der Waals surface area contributed by atoms with Gasteiger partial charge in [0.05, 0.1) is 6.04 Å². The maximum absolute atomic E-state index is 13.5. The predicted molar refractivity (Wildman–Crippen MR) is 94.6 cm³/mol. The second-order valence-corrected chi connectivity index (χ2v) is 5.81. The summed E-state index contributed by atoms with van der Waals surface area (Å²) < 4.78 is 13.5. The molecule has 0 aromatic heterocycles. The fraction of sp³-hybridized carbons (Fsp3) is 0.263. The molecule has 25 heavy (non-hydrogen) atoms. The smallest absolute Gasteiger partial charge is 0.251 e. The van der Waals surface area contributed by atoms with E-state index < -0.39 is 11.9 Å². The number of carbonyl (C=O) groups excluding carboxylic acids is 2. The van der Waals surface area contributed by atoms with Gasteiger partial charge in [-0.15, -0.1) is 0 Å². The van der Waals surface area contributed by atoms with Crippen LogP contribution in [-0.2, 0) is 11.2 Å². The molecule has 0 bridgehead atoms. The summed E-state index contributed by atoms with van der Waals surface area (Å²) >= 11 is 0. The van der Waals surface area contributed by atoms with Crippen LogP contribution in [0.2, 0.25) is 0 Å². The summed E-state index contributed by atoms with van der Waals surface area (Å²) in [6.45, 7) is 2.12. The number of hydrogen-bond acceptors (Lipinski definition) is 3. The number of carbonyl (C=O) groups is 2. The number of aryl methyl sites for hydroxylation is 1. The Morgan fingerprint density at radius 3 is 2.44 bits per heavy atom. The summed E-state index contributed by atoms with van der Waals surface area (Å²) in [5, 5.41) is 5.31. The van der Waals surface area contributed by atoms with Crippen molar-refractivity contribution in [1.82, 2.24) is 10.6 Å². The molecule has 132 valence electrons. The highest BCUT2D eigenvalue weighted by Gasteiger charge is 2.13. The van der Waals surface area contributed by atoms with Crippen LogP contribution in [0.5, 0.6) is 0 Å². The number of benzene rings is 2. The van der Waals surface area contributed by atoms with Crippen LogP contribution in [0, 0.1) is 12.7 Å². The lowest BCUT2D eigenvalue weighted by Crippen LogP contribution is -2.44. The third-order valence-corrected chi connectivity index (χ3v) is 3.78. The summed E-state index contributed by atoms with van der Waals surface area (Å²) in [5.41, 5.74) is 7.59. The van der Waals surface area contributed by atoms with Gasteiger partial charge in [0.25, 0.3) is 5.91 Å². The number of halogens is 1. The minimum Gasteiger partial charge on any atom is -0.353 e. The van der Waals surface area contributed by atoms with E-state index in [4.69, 9.17) is 5.73 Å². The van der Waals surface area contributed by atoms with Gasteiger partial charge in [0.1, 0.15) is 5.82 Å². The Morgan fingerprint density at radius 1 is 1.08 bits per heavy atom. The largest absolute Gasteiger partial charge is 0.353 e. The van der Waals surface area contributed by atoms with Crippen molar-refractivity contribution in [3.05, 3.63) is 71.0 Å². The Kier molecular flexibility index (Phi) is 6.65. The third kappa shape index (κ3) is 5.69. The highest BCUT2D eigenvalue weighted by molar-refractivity contribution is 5.94. The van der Waals surface area contributed by atoms with Gasteiger partial charge in [0.2, 0.25) is 5.91 Å². The molecule has 1 atom stereocenters. The molecule has 2 aromatic rings. The van der Waals surface area contributed by atoms with Crippen LogP contribution in [0.3, 0.4) is 0 Å². The van der Waals surface area contributed by atoms with Gasteiger partial charge in [-0.1, -0.05) is 36.4 Å². The van der Waals surface area contributed by atoms with Crippen molar-refractivity contribution in [3.8, 4) is 0 Å². The van der Waals surface area contributed by atoms with E-state index in [0.717, 1.165) is 5.56 Å².